The fourth-order valence-electron chi connectivity index (χ4n) is 2.15. The number of rotatable bonds is 2. The summed E-state index contributed by atoms with van der Waals surface area (Å²) >= 11 is 0. The smallest absolute Gasteiger partial charge is 0.239 e. The molecule has 1 saturated carbocycles. The quantitative estimate of drug-likeness (QED) is 0.684. The van der Waals surface area contributed by atoms with Crippen molar-refractivity contribution in [3.63, 3.8) is 0 Å². The summed E-state index contributed by atoms with van der Waals surface area (Å²) in [6, 6.07) is 0.0688. The molecule has 0 aromatic carbocycles. The predicted molar refractivity (Wildman–Crippen MR) is 57.9 cm³/mol. The van der Waals surface area contributed by atoms with Crippen LogP contribution < -0.4 is 5.73 Å². The fraction of sp³-hybridized carbons (Fsp3) is 0.909. The Kier molecular flexibility index (Phi) is 4.39. The Hall–Kier alpha value is -0.570. The lowest BCUT2D eigenvalue weighted by Gasteiger charge is -2.28. The minimum absolute atomic E-state index is 0.0805. The number of hydrogen-bond donors (Lipinski definition) is 1. The minimum atomic E-state index is -0.358. The number of nitrogens with two attached hydrogens (primary N) is 1. The van der Waals surface area contributed by atoms with Crippen molar-refractivity contribution in [2.45, 2.75) is 57.5 Å². The first-order chi connectivity index (χ1) is 6.63. The standard InChI is InChI=1S/C11H22N2O/c1-9(12)11(14)13(2)10-7-5-3-4-6-8-10/h9-10H,3-8,12H2,1-2H3/t9-/m1/s1. The van der Waals surface area contributed by atoms with Crippen molar-refractivity contribution in [2.75, 3.05) is 7.05 Å². The van der Waals surface area contributed by atoms with E-state index >= 15 is 0 Å². The van der Waals surface area contributed by atoms with Gasteiger partial charge in [0.15, 0.2) is 0 Å². The first-order valence-corrected chi connectivity index (χ1v) is 5.65. The number of amides is 1. The first-order valence-electron chi connectivity index (χ1n) is 5.65. The van der Waals surface area contributed by atoms with Crippen LogP contribution in [-0.4, -0.2) is 29.9 Å². The van der Waals surface area contributed by atoms with Crippen molar-refractivity contribution in [3.8, 4) is 0 Å². The van der Waals surface area contributed by atoms with E-state index in [2.05, 4.69) is 0 Å². The average molecular weight is 198 g/mol. The second kappa shape index (κ2) is 5.35. The molecule has 1 atom stereocenters. The summed E-state index contributed by atoms with van der Waals surface area (Å²) < 4.78 is 0. The van der Waals surface area contributed by atoms with Crippen LogP contribution in [0.3, 0.4) is 0 Å². The van der Waals surface area contributed by atoms with Crippen LogP contribution in [0.25, 0.3) is 0 Å². The third-order valence-corrected chi connectivity index (χ3v) is 3.11. The van der Waals surface area contributed by atoms with Crippen LogP contribution in [0, 0.1) is 0 Å². The van der Waals surface area contributed by atoms with Gasteiger partial charge in [0.1, 0.15) is 0 Å². The summed E-state index contributed by atoms with van der Waals surface area (Å²) in [4.78, 5) is 13.5. The highest BCUT2D eigenvalue weighted by Crippen LogP contribution is 2.21. The van der Waals surface area contributed by atoms with Gasteiger partial charge in [-0.25, -0.2) is 0 Å². The Balaban J connectivity index is 2.49. The van der Waals surface area contributed by atoms with Gasteiger partial charge in [0.2, 0.25) is 5.91 Å². The maximum atomic E-state index is 11.7. The molecule has 0 aromatic heterocycles. The van der Waals surface area contributed by atoms with E-state index in [1.54, 1.807) is 6.92 Å². The van der Waals surface area contributed by atoms with Crippen LogP contribution >= 0.6 is 0 Å². The summed E-state index contributed by atoms with van der Waals surface area (Å²) in [6.07, 6.45) is 7.43. The molecule has 0 aliphatic heterocycles. The lowest BCUT2D eigenvalue weighted by Crippen LogP contribution is -2.45. The van der Waals surface area contributed by atoms with E-state index in [4.69, 9.17) is 5.73 Å². The van der Waals surface area contributed by atoms with Gasteiger partial charge in [0, 0.05) is 13.1 Å². The number of carbonyl (C=O) groups excluding carboxylic acids is 1. The molecule has 82 valence electrons. The number of hydrogen-bond acceptors (Lipinski definition) is 2. The van der Waals surface area contributed by atoms with Crippen LogP contribution in [-0.2, 0) is 4.79 Å². The van der Waals surface area contributed by atoms with Gasteiger partial charge in [-0.3, -0.25) is 4.79 Å². The fourth-order valence-corrected chi connectivity index (χ4v) is 2.15. The minimum Gasteiger partial charge on any atom is -0.341 e. The molecule has 1 fully saturated rings. The normalized spacial score (nSPS) is 21.4. The topological polar surface area (TPSA) is 46.3 Å². The summed E-state index contributed by atoms with van der Waals surface area (Å²) in [5.74, 6) is 0.0805. The van der Waals surface area contributed by atoms with E-state index in [9.17, 15) is 4.79 Å². The molecule has 0 spiro atoms. The van der Waals surface area contributed by atoms with Crippen LogP contribution in [0.15, 0.2) is 0 Å². The second-order valence-corrected chi connectivity index (χ2v) is 4.38. The highest BCUT2D eigenvalue weighted by atomic mass is 16.2. The molecule has 0 unspecified atom stereocenters. The zero-order valence-corrected chi connectivity index (χ0v) is 9.33. The average Bonchev–Trinajstić information content (AvgIpc) is 2.43. The van der Waals surface area contributed by atoms with Crippen molar-refractivity contribution in [3.05, 3.63) is 0 Å². The molecular formula is C11H22N2O. The molecule has 0 heterocycles. The van der Waals surface area contributed by atoms with E-state index in [1.807, 2.05) is 11.9 Å². The van der Waals surface area contributed by atoms with Crippen molar-refractivity contribution in [1.82, 2.24) is 4.90 Å². The molecule has 1 aliphatic carbocycles. The van der Waals surface area contributed by atoms with E-state index < -0.39 is 0 Å². The third-order valence-electron chi connectivity index (χ3n) is 3.11. The Morgan fingerprint density at radius 3 is 2.21 bits per heavy atom. The Bertz CT molecular complexity index is 184. The van der Waals surface area contributed by atoms with E-state index in [-0.39, 0.29) is 11.9 Å². The van der Waals surface area contributed by atoms with Crippen molar-refractivity contribution in [1.29, 1.82) is 0 Å². The van der Waals surface area contributed by atoms with Gasteiger partial charge in [0.05, 0.1) is 6.04 Å². The molecule has 3 heteroatoms. The molecule has 1 amide bonds. The maximum Gasteiger partial charge on any atom is 0.239 e. The largest absolute Gasteiger partial charge is 0.341 e. The molecule has 0 bridgehead atoms. The molecule has 3 nitrogen and oxygen atoms in total. The summed E-state index contributed by atoms with van der Waals surface area (Å²) in [5.41, 5.74) is 5.59. The molecule has 0 radical (unpaired) electrons. The lowest BCUT2D eigenvalue weighted by molar-refractivity contribution is -0.133. The van der Waals surface area contributed by atoms with E-state index in [1.165, 1.54) is 25.7 Å². The van der Waals surface area contributed by atoms with Crippen molar-refractivity contribution < 1.29 is 4.79 Å². The monoisotopic (exact) mass is 198 g/mol. The maximum absolute atomic E-state index is 11.7. The van der Waals surface area contributed by atoms with Gasteiger partial charge in [-0.15, -0.1) is 0 Å². The second-order valence-electron chi connectivity index (χ2n) is 4.38. The van der Waals surface area contributed by atoms with Gasteiger partial charge in [-0.2, -0.15) is 0 Å². The number of nitrogens with zero attached hydrogens (tertiary/aromatic N) is 1. The Morgan fingerprint density at radius 1 is 1.29 bits per heavy atom. The lowest BCUT2D eigenvalue weighted by atomic mass is 10.1. The highest BCUT2D eigenvalue weighted by Gasteiger charge is 2.22. The molecule has 1 aliphatic rings. The van der Waals surface area contributed by atoms with Crippen molar-refractivity contribution in [2.24, 2.45) is 5.73 Å². The van der Waals surface area contributed by atoms with Crippen LogP contribution in [0.4, 0.5) is 0 Å². The van der Waals surface area contributed by atoms with Gasteiger partial charge in [-0.05, 0) is 19.8 Å². The number of likely N-dealkylation sites (N-methyl/N-ethyl adjacent to an activating group) is 1. The van der Waals surface area contributed by atoms with Gasteiger partial charge in [-0.1, -0.05) is 25.7 Å². The van der Waals surface area contributed by atoms with Gasteiger partial charge >= 0.3 is 0 Å². The SMILES string of the molecule is C[C@@H](N)C(=O)N(C)C1CCCCCC1. The Morgan fingerprint density at radius 2 is 1.79 bits per heavy atom. The van der Waals surface area contributed by atoms with Crippen molar-refractivity contribution >= 4 is 5.91 Å². The predicted octanol–water partition coefficient (Wildman–Crippen LogP) is 1.51. The van der Waals surface area contributed by atoms with Crippen LogP contribution in [0.2, 0.25) is 0 Å². The van der Waals surface area contributed by atoms with Gasteiger partial charge in [0.25, 0.3) is 0 Å². The Labute approximate surface area is 86.6 Å². The molecule has 0 saturated heterocycles. The number of carbonyl (C=O) groups is 1. The van der Waals surface area contributed by atoms with Crippen LogP contribution in [0.1, 0.15) is 45.4 Å². The zero-order chi connectivity index (χ0) is 10.6. The van der Waals surface area contributed by atoms with Gasteiger partial charge < -0.3 is 10.6 Å². The highest BCUT2D eigenvalue weighted by molar-refractivity contribution is 5.81. The third kappa shape index (κ3) is 2.98. The summed E-state index contributed by atoms with van der Waals surface area (Å²) in [6.45, 7) is 1.76. The first kappa shape index (κ1) is 11.5. The molecule has 1 rings (SSSR count). The molecule has 2 N–H and O–H groups in total. The molecule has 14 heavy (non-hydrogen) atoms. The van der Waals surface area contributed by atoms with E-state index in [0.717, 1.165) is 12.8 Å². The molecular weight excluding hydrogens is 176 g/mol. The van der Waals surface area contributed by atoms with Crippen LogP contribution in [0.5, 0.6) is 0 Å². The summed E-state index contributed by atoms with van der Waals surface area (Å²) in [7, 11) is 1.89. The summed E-state index contributed by atoms with van der Waals surface area (Å²) in [5, 5.41) is 0. The van der Waals surface area contributed by atoms with E-state index in [0.29, 0.717) is 6.04 Å². The zero-order valence-electron chi connectivity index (χ0n) is 9.33. The molecule has 0 aromatic rings.